The third-order valence-electron chi connectivity index (χ3n) is 3.97. The first kappa shape index (κ1) is 17.6. The van der Waals surface area contributed by atoms with Gasteiger partial charge in [-0.25, -0.2) is 4.98 Å². The Hall–Kier alpha value is -2.18. The molecule has 0 spiro atoms. The number of aromatic nitrogens is 2. The van der Waals surface area contributed by atoms with Crippen molar-refractivity contribution in [3.8, 4) is 11.3 Å². The van der Waals surface area contributed by atoms with Crippen LogP contribution in [0.3, 0.4) is 0 Å². The first-order valence-corrected chi connectivity index (χ1v) is 9.06. The fraction of sp³-hybridized carbons (Fsp3) is 0.263. The summed E-state index contributed by atoms with van der Waals surface area (Å²) < 4.78 is 1.04. The summed E-state index contributed by atoms with van der Waals surface area (Å²) in [5, 5.41) is 4.33. The van der Waals surface area contributed by atoms with Gasteiger partial charge in [-0.3, -0.25) is 4.98 Å². The highest BCUT2D eigenvalue weighted by Crippen LogP contribution is 2.35. The molecule has 0 aliphatic carbocycles. The van der Waals surface area contributed by atoms with Crippen LogP contribution in [0.5, 0.6) is 0 Å². The Morgan fingerprint density at radius 3 is 2.80 bits per heavy atom. The topological polar surface area (TPSA) is 67.1 Å². The highest BCUT2D eigenvalue weighted by atomic mass is 79.9. The van der Waals surface area contributed by atoms with Crippen LogP contribution >= 0.6 is 15.9 Å². The van der Waals surface area contributed by atoms with Crippen LogP contribution < -0.4 is 16.0 Å². The average molecular weight is 400 g/mol. The number of pyridine rings is 2. The summed E-state index contributed by atoms with van der Waals surface area (Å²) in [7, 11) is 4.06. The zero-order valence-electron chi connectivity index (χ0n) is 14.5. The number of nitrogens with two attached hydrogens (primary N) is 1. The Labute approximate surface area is 156 Å². The summed E-state index contributed by atoms with van der Waals surface area (Å²) in [6, 6.07) is 12.2. The monoisotopic (exact) mass is 399 g/mol. The number of halogens is 1. The summed E-state index contributed by atoms with van der Waals surface area (Å²) in [6.07, 6.45) is 2.80. The molecule has 0 bridgehead atoms. The lowest BCUT2D eigenvalue weighted by atomic mass is 10.1. The fourth-order valence-electron chi connectivity index (χ4n) is 2.76. The molecule has 2 aromatic heterocycles. The van der Waals surface area contributed by atoms with Gasteiger partial charge in [0.1, 0.15) is 5.82 Å². The largest absolute Gasteiger partial charge is 0.376 e. The molecule has 0 aliphatic heterocycles. The summed E-state index contributed by atoms with van der Waals surface area (Å²) >= 11 is 3.64. The van der Waals surface area contributed by atoms with Crippen LogP contribution in [-0.4, -0.2) is 37.2 Å². The first-order valence-electron chi connectivity index (χ1n) is 8.27. The van der Waals surface area contributed by atoms with E-state index in [1.165, 1.54) is 0 Å². The van der Waals surface area contributed by atoms with Crippen LogP contribution in [0.2, 0.25) is 0 Å². The van der Waals surface area contributed by atoms with Gasteiger partial charge in [0.05, 0.1) is 16.9 Å². The number of para-hydroxylation sites is 1. The van der Waals surface area contributed by atoms with Crippen molar-refractivity contribution in [2.45, 2.75) is 6.42 Å². The van der Waals surface area contributed by atoms with Crippen molar-refractivity contribution in [2.75, 3.05) is 37.4 Å². The minimum absolute atomic E-state index is 0.671. The molecule has 0 amide bonds. The molecule has 3 N–H and O–H groups in total. The van der Waals surface area contributed by atoms with Gasteiger partial charge in [0, 0.05) is 42.3 Å². The van der Waals surface area contributed by atoms with Crippen molar-refractivity contribution in [1.29, 1.82) is 0 Å². The van der Waals surface area contributed by atoms with E-state index < -0.39 is 0 Å². The minimum atomic E-state index is 0.671. The second-order valence-electron chi connectivity index (χ2n) is 6.06. The van der Waals surface area contributed by atoms with Crippen LogP contribution in [-0.2, 0) is 0 Å². The zero-order chi connectivity index (χ0) is 17.8. The molecule has 2 heterocycles. The molecule has 0 radical (unpaired) electrons. The Morgan fingerprint density at radius 2 is 2.04 bits per heavy atom. The van der Waals surface area contributed by atoms with E-state index >= 15 is 0 Å². The molecule has 0 aliphatic rings. The predicted octanol–water partition coefficient (Wildman–Crippen LogP) is 3.89. The zero-order valence-corrected chi connectivity index (χ0v) is 16.0. The van der Waals surface area contributed by atoms with Crippen LogP contribution in [0.15, 0.2) is 47.1 Å². The highest BCUT2D eigenvalue weighted by molar-refractivity contribution is 9.10. The van der Waals surface area contributed by atoms with Gasteiger partial charge < -0.3 is 16.0 Å². The van der Waals surface area contributed by atoms with Crippen molar-refractivity contribution < 1.29 is 0 Å². The third-order valence-corrected chi connectivity index (χ3v) is 4.61. The molecule has 5 nitrogen and oxygen atoms in total. The van der Waals surface area contributed by atoms with E-state index in [2.05, 4.69) is 37.2 Å². The molecular weight excluding hydrogens is 378 g/mol. The van der Waals surface area contributed by atoms with Gasteiger partial charge in [-0.2, -0.15) is 0 Å². The maximum Gasteiger partial charge on any atom is 0.126 e. The van der Waals surface area contributed by atoms with Crippen molar-refractivity contribution in [3.05, 3.63) is 47.1 Å². The quantitative estimate of drug-likeness (QED) is 0.615. The number of benzene rings is 1. The molecule has 0 atom stereocenters. The molecular formula is C19H22BrN5. The van der Waals surface area contributed by atoms with Crippen LogP contribution in [0.4, 0.5) is 11.5 Å². The van der Waals surface area contributed by atoms with Gasteiger partial charge in [0.2, 0.25) is 0 Å². The summed E-state index contributed by atoms with van der Waals surface area (Å²) in [5.74, 6) is 0.861. The molecule has 0 saturated heterocycles. The van der Waals surface area contributed by atoms with E-state index in [0.717, 1.165) is 51.1 Å². The Bertz CT molecular complexity index is 879. The number of rotatable bonds is 6. The maximum atomic E-state index is 5.54. The second kappa shape index (κ2) is 7.80. The lowest BCUT2D eigenvalue weighted by molar-refractivity contribution is 0.871. The molecule has 0 unspecified atom stereocenters. The number of nitrogens with zero attached hydrogens (tertiary/aromatic N) is 3. The average Bonchev–Trinajstić information content (AvgIpc) is 2.61. The van der Waals surface area contributed by atoms with Gasteiger partial charge in [0.15, 0.2) is 0 Å². The van der Waals surface area contributed by atoms with Gasteiger partial charge in [0.25, 0.3) is 0 Å². The Kier molecular flexibility index (Phi) is 5.50. The van der Waals surface area contributed by atoms with Crippen molar-refractivity contribution >= 4 is 38.3 Å². The predicted molar refractivity (Wildman–Crippen MR) is 109 cm³/mol. The third kappa shape index (κ3) is 3.91. The number of hydrogen-bond donors (Lipinski definition) is 2. The van der Waals surface area contributed by atoms with Gasteiger partial charge in [-0.05, 0) is 53.2 Å². The molecule has 0 saturated carbocycles. The van der Waals surface area contributed by atoms with Crippen LogP contribution in [0.25, 0.3) is 22.2 Å². The summed E-state index contributed by atoms with van der Waals surface area (Å²) in [4.78, 5) is 11.4. The molecule has 0 fully saturated rings. The van der Waals surface area contributed by atoms with E-state index in [4.69, 9.17) is 10.7 Å². The fourth-order valence-corrected chi connectivity index (χ4v) is 3.48. The molecule has 130 valence electrons. The second-order valence-corrected chi connectivity index (χ2v) is 6.91. The Morgan fingerprint density at radius 1 is 1.20 bits per heavy atom. The van der Waals surface area contributed by atoms with E-state index in [1.54, 1.807) is 0 Å². The van der Waals surface area contributed by atoms with E-state index in [9.17, 15) is 0 Å². The van der Waals surface area contributed by atoms with Gasteiger partial charge >= 0.3 is 0 Å². The minimum Gasteiger partial charge on any atom is -0.376 e. The molecule has 3 aromatic rings. The van der Waals surface area contributed by atoms with Crippen molar-refractivity contribution in [2.24, 2.45) is 5.73 Å². The van der Waals surface area contributed by atoms with E-state index in [1.807, 2.05) is 50.6 Å². The first-order chi connectivity index (χ1) is 12.1. The summed E-state index contributed by atoms with van der Waals surface area (Å²) in [6.45, 7) is 1.49. The molecule has 25 heavy (non-hydrogen) atoms. The lowest BCUT2D eigenvalue weighted by Gasteiger charge is -2.19. The SMILES string of the molecule is CN(C)c1c(Br)cccc1-c1cc2nc(NCCCN)ccc2cn1. The van der Waals surface area contributed by atoms with E-state index in [0.29, 0.717) is 6.54 Å². The molecule has 1 aromatic carbocycles. The molecule has 6 heteroatoms. The summed E-state index contributed by atoms with van der Waals surface area (Å²) in [5.41, 5.74) is 9.55. The molecule has 3 rings (SSSR count). The van der Waals surface area contributed by atoms with Crippen LogP contribution in [0, 0.1) is 0 Å². The number of hydrogen-bond acceptors (Lipinski definition) is 5. The normalized spacial score (nSPS) is 10.9. The van der Waals surface area contributed by atoms with E-state index in [-0.39, 0.29) is 0 Å². The maximum absolute atomic E-state index is 5.54. The van der Waals surface area contributed by atoms with Crippen LogP contribution in [0.1, 0.15) is 6.42 Å². The number of nitrogens with one attached hydrogen (secondary N) is 1. The lowest BCUT2D eigenvalue weighted by Crippen LogP contribution is -2.11. The van der Waals surface area contributed by atoms with Crippen molar-refractivity contribution in [3.63, 3.8) is 0 Å². The standard InChI is InChI=1S/C19H22BrN5/c1-25(2)19-14(5-3-6-15(19)20)17-11-16-13(12-23-17)7-8-18(24-16)22-10-4-9-21/h3,5-8,11-12H,4,9-10,21H2,1-2H3,(H,22,24). The number of fused-ring (bicyclic) bond motifs is 1. The number of anilines is 2. The van der Waals surface area contributed by atoms with Crippen molar-refractivity contribution in [1.82, 2.24) is 9.97 Å². The highest BCUT2D eigenvalue weighted by Gasteiger charge is 2.12. The Balaban J connectivity index is 2.02. The van der Waals surface area contributed by atoms with Gasteiger partial charge in [-0.15, -0.1) is 0 Å². The smallest absolute Gasteiger partial charge is 0.126 e. The van der Waals surface area contributed by atoms with Gasteiger partial charge in [-0.1, -0.05) is 12.1 Å².